The van der Waals surface area contributed by atoms with Crippen LogP contribution in [0.4, 0.5) is 0 Å². The van der Waals surface area contributed by atoms with E-state index in [2.05, 4.69) is 74.6 Å². The predicted molar refractivity (Wildman–Crippen MR) is 302 cm³/mol. The molecule has 0 aliphatic carbocycles. The molecular weight excluding hydrogens is 901 g/mol. The van der Waals surface area contributed by atoms with E-state index in [1.807, 2.05) is 0 Å². The second-order valence-electron chi connectivity index (χ2n) is 20.8. The highest BCUT2D eigenvalue weighted by molar-refractivity contribution is 5.69. The number of hydrogen-bond donors (Lipinski definition) is 4. The van der Waals surface area contributed by atoms with E-state index in [9.17, 15) is 25.2 Å². The van der Waals surface area contributed by atoms with Crippen molar-refractivity contribution in [1.82, 2.24) is 0 Å². The molecule has 0 radical (unpaired) electrons. The quantitative estimate of drug-likeness (QED) is 0.0267. The van der Waals surface area contributed by atoms with Crippen LogP contribution in [0.15, 0.2) is 60.8 Å². The number of unbranched alkanes of at least 4 members (excludes halogenated alkanes) is 32. The molecule has 1 fully saturated rings. The molecule has 1 aliphatic rings. The third kappa shape index (κ3) is 43.2. The number of rotatable bonds is 53. The Labute approximate surface area is 443 Å². The molecule has 1 aliphatic heterocycles. The Morgan fingerprint density at radius 3 is 1.29 bits per heavy atom. The van der Waals surface area contributed by atoms with Gasteiger partial charge in [0.1, 0.15) is 30.5 Å². The second-order valence-corrected chi connectivity index (χ2v) is 20.8. The molecule has 72 heavy (non-hydrogen) atoms. The Kier molecular flexibility index (Phi) is 50.7. The van der Waals surface area contributed by atoms with Gasteiger partial charge >= 0.3 is 5.97 Å². The first-order valence-electron chi connectivity index (χ1n) is 30.4. The first-order chi connectivity index (χ1) is 35.4. The molecule has 6 atom stereocenters. The molecule has 6 unspecified atom stereocenters. The van der Waals surface area contributed by atoms with Crippen molar-refractivity contribution < 1.29 is 44.2 Å². The molecule has 1 heterocycles. The molecule has 0 aromatic rings. The van der Waals surface area contributed by atoms with Crippen LogP contribution >= 0.6 is 0 Å². The lowest BCUT2D eigenvalue weighted by molar-refractivity contribution is -0.305. The minimum Gasteiger partial charge on any atom is -0.457 e. The van der Waals surface area contributed by atoms with Crippen molar-refractivity contribution in [3.8, 4) is 0 Å². The number of ether oxygens (including phenoxy) is 4. The maximum Gasteiger partial charge on any atom is 0.306 e. The van der Waals surface area contributed by atoms with Crippen LogP contribution in [0.25, 0.3) is 0 Å². The van der Waals surface area contributed by atoms with Crippen molar-refractivity contribution >= 4 is 5.97 Å². The third-order valence-electron chi connectivity index (χ3n) is 13.9. The molecule has 0 aromatic carbocycles. The van der Waals surface area contributed by atoms with Gasteiger partial charge < -0.3 is 39.4 Å². The topological polar surface area (TPSA) is 135 Å². The number of esters is 1. The summed E-state index contributed by atoms with van der Waals surface area (Å²) in [5.74, 6) is -0.313. The standard InChI is InChI=1S/C63H114O9/c1-3-5-7-9-11-13-15-17-19-21-23-25-27-29-30-32-34-36-38-40-42-44-46-48-50-52-59(65)71-57(56-70-63-62(68)61(67)60(66)58(54-64)72-63)55-69-53-51-49-47-45-43-41-39-37-35-33-31-28-26-24-22-20-18-16-14-12-10-8-6-4-2/h5,7,11,13,17,19,22-25,57-58,60-64,66-68H,3-4,6,8-10,12,14-16,18,20-21,26-56H2,1-2H3/b7-5-,13-11-,19-17-,24-22-,25-23-. The van der Waals surface area contributed by atoms with Gasteiger partial charge in [-0.15, -0.1) is 0 Å². The van der Waals surface area contributed by atoms with Crippen LogP contribution in [0.2, 0.25) is 0 Å². The molecule has 0 bridgehead atoms. The summed E-state index contributed by atoms with van der Waals surface area (Å²) in [4.78, 5) is 12.9. The number of hydrogen-bond acceptors (Lipinski definition) is 9. The number of carbonyl (C=O) groups is 1. The van der Waals surface area contributed by atoms with E-state index in [1.165, 1.54) is 193 Å². The third-order valence-corrected chi connectivity index (χ3v) is 13.9. The van der Waals surface area contributed by atoms with E-state index in [1.54, 1.807) is 0 Å². The lowest BCUT2D eigenvalue weighted by atomic mass is 9.99. The van der Waals surface area contributed by atoms with Crippen molar-refractivity contribution in [1.29, 1.82) is 0 Å². The summed E-state index contributed by atoms with van der Waals surface area (Å²) in [6, 6.07) is 0. The summed E-state index contributed by atoms with van der Waals surface area (Å²) < 4.78 is 23.0. The number of carbonyl (C=O) groups excluding carboxylic acids is 1. The second kappa shape index (κ2) is 53.7. The van der Waals surface area contributed by atoms with Gasteiger partial charge in [-0.05, 0) is 77.0 Å². The van der Waals surface area contributed by atoms with E-state index in [0.717, 1.165) is 57.8 Å². The maximum absolute atomic E-state index is 12.9. The molecule has 420 valence electrons. The van der Waals surface area contributed by atoms with Crippen LogP contribution in [0.3, 0.4) is 0 Å². The molecule has 0 aromatic heterocycles. The molecular formula is C63H114O9. The Bertz CT molecular complexity index is 1290. The minimum absolute atomic E-state index is 0.114. The lowest BCUT2D eigenvalue weighted by Gasteiger charge is -2.39. The molecule has 0 amide bonds. The molecule has 0 spiro atoms. The van der Waals surface area contributed by atoms with E-state index < -0.39 is 43.4 Å². The number of aliphatic hydroxyl groups is 4. The van der Waals surface area contributed by atoms with Gasteiger partial charge in [0.15, 0.2) is 6.29 Å². The van der Waals surface area contributed by atoms with Gasteiger partial charge in [0.2, 0.25) is 0 Å². The van der Waals surface area contributed by atoms with Gasteiger partial charge in [0, 0.05) is 13.0 Å². The van der Waals surface area contributed by atoms with E-state index >= 15 is 0 Å². The Morgan fingerprint density at radius 1 is 0.458 bits per heavy atom. The van der Waals surface area contributed by atoms with Gasteiger partial charge in [-0.2, -0.15) is 0 Å². The largest absolute Gasteiger partial charge is 0.457 e. The first kappa shape index (κ1) is 67.9. The van der Waals surface area contributed by atoms with Gasteiger partial charge in [-0.25, -0.2) is 0 Å². The zero-order valence-corrected chi connectivity index (χ0v) is 46.7. The summed E-state index contributed by atoms with van der Waals surface area (Å²) >= 11 is 0. The lowest BCUT2D eigenvalue weighted by Crippen LogP contribution is -2.59. The van der Waals surface area contributed by atoms with Gasteiger partial charge in [-0.3, -0.25) is 4.79 Å². The molecule has 1 rings (SSSR count). The van der Waals surface area contributed by atoms with E-state index in [4.69, 9.17) is 18.9 Å². The van der Waals surface area contributed by atoms with Crippen LogP contribution in [0.1, 0.15) is 271 Å². The summed E-state index contributed by atoms with van der Waals surface area (Å²) in [5.41, 5.74) is 0. The summed E-state index contributed by atoms with van der Waals surface area (Å²) in [7, 11) is 0. The fraction of sp³-hybridized carbons (Fsp3) is 0.825. The number of allylic oxidation sites excluding steroid dienone is 10. The predicted octanol–water partition coefficient (Wildman–Crippen LogP) is 16.2. The Balaban J connectivity index is 2.13. The van der Waals surface area contributed by atoms with Crippen molar-refractivity contribution in [2.75, 3.05) is 26.4 Å². The van der Waals surface area contributed by atoms with E-state index in [-0.39, 0.29) is 19.2 Å². The highest BCUT2D eigenvalue weighted by atomic mass is 16.7. The molecule has 0 saturated carbocycles. The number of aliphatic hydroxyl groups excluding tert-OH is 4. The summed E-state index contributed by atoms with van der Waals surface area (Å²) in [6.45, 7) is 4.49. The monoisotopic (exact) mass is 1010 g/mol. The summed E-state index contributed by atoms with van der Waals surface area (Å²) in [6.07, 6.45) is 64.2. The van der Waals surface area contributed by atoms with E-state index in [0.29, 0.717) is 13.0 Å². The van der Waals surface area contributed by atoms with Gasteiger partial charge in [0.25, 0.3) is 0 Å². The molecule has 9 heteroatoms. The Morgan fingerprint density at radius 2 is 0.847 bits per heavy atom. The SMILES string of the molecule is CC/C=C\C/C=C\C/C=C\C/C=C\CCCCCCCCCCCCCCC(=O)OC(COCCCCCCCCCCCCCC/C=C\CCCCCCCCCC)COC1OC(CO)C(O)C(O)C1O. The highest BCUT2D eigenvalue weighted by Crippen LogP contribution is 2.23. The molecule has 9 nitrogen and oxygen atoms in total. The fourth-order valence-electron chi connectivity index (χ4n) is 9.25. The highest BCUT2D eigenvalue weighted by Gasteiger charge is 2.44. The zero-order chi connectivity index (χ0) is 52.1. The minimum atomic E-state index is -1.54. The first-order valence-corrected chi connectivity index (χ1v) is 30.4. The smallest absolute Gasteiger partial charge is 0.306 e. The van der Waals surface area contributed by atoms with Crippen LogP contribution < -0.4 is 0 Å². The Hall–Kier alpha value is -2.11. The maximum atomic E-state index is 12.9. The average Bonchev–Trinajstić information content (AvgIpc) is 3.38. The van der Waals surface area contributed by atoms with Crippen LogP contribution in [0, 0.1) is 0 Å². The van der Waals surface area contributed by atoms with Crippen molar-refractivity contribution in [2.45, 2.75) is 307 Å². The van der Waals surface area contributed by atoms with Crippen LogP contribution in [0.5, 0.6) is 0 Å². The molecule has 1 saturated heterocycles. The van der Waals surface area contributed by atoms with Crippen molar-refractivity contribution in [2.24, 2.45) is 0 Å². The zero-order valence-electron chi connectivity index (χ0n) is 46.7. The van der Waals surface area contributed by atoms with Crippen molar-refractivity contribution in [3.63, 3.8) is 0 Å². The van der Waals surface area contributed by atoms with Gasteiger partial charge in [0.05, 0.1) is 19.8 Å². The normalized spacial score (nSPS) is 19.1. The molecule has 4 N–H and O–H groups in total. The van der Waals surface area contributed by atoms with Crippen LogP contribution in [-0.4, -0.2) is 89.6 Å². The van der Waals surface area contributed by atoms with Gasteiger partial charge in [-0.1, -0.05) is 248 Å². The van der Waals surface area contributed by atoms with Crippen molar-refractivity contribution in [3.05, 3.63) is 60.8 Å². The summed E-state index contributed by atoms with van der Waals surface area (Å²) in [5, 5.41) is 40.4. The average molecular weight is 1020 g/mol. The van der Waals surface area contributed by atoms with Crippen LogP contribution in [-0.2, 0) is 23.7 Å². The fourth-order valence-corrected chi connectivity index (χ4v) is 9.25.